The molecule has 7 nitrogen and oxygen atoms in total. The van der Waals surface area contributed by atoms with E-state index in [9.17, 15) is 14.3 Å². The summed E-state index contributed by atoms with van der Waals surface area (Å²) in [6, 6.07) is 7.50. The van der Waals surface area contributed by atoms with Crippen molar-refractivity contribution in [3.63, 3.8) is 0 Å². The van der Waals surface area contributed by atoms with E-state index in [0.29, 0.717) is 11.3 Å². The molecule has 0 aliphatic heterocycles. The summed E-state index contributed by atoms with van der Waals surface area (Å²) in [5, 5.41) is 19.6. The van der Waals surface area contributed by atoms with Gasteiger partial charge in [-0.3, -0.25) is 5.41 Å². The second kappa shape index (κ2) is 7.52. The molecule has 0 aromatic heterocycles. The Morgan fingerprint density at radius 2 is 1.88 bits per heavy atom. The first-order chi connectivity index (χ1) is 11.9. The topological polar surface area (TPSA) is 118 Å². The molecule has 25 heavy (non-hydrogen) atoms. The predicted octanol–water partition coefficient (Wildman–Crippen LogP) is 2.36. The quantitative estimate of drug-likeness (QED) is 0.451. The van der Waals surface area contributed by atoms with Crippen LogP contribution in [0.5, 0.6) is 11.5 Å². The van der Waals surface area contributed by atoms with Gasteiger partial charge < -0.3 is 25.6 Å². The van der Waals surface area contributed by atoms with Gasteiger partial charge in [-0.1, -0.05) is 0 Å². The number of carbonyl (C=O) groups is 1. The minimum atomic E-state index is -1.37. The lowest BCUT2D eigenvalue weighted by atomic mass is 10.0. The van der Waals surface area contributed by atoms with Gasteiger partial charge in [0.05, 0.1) is 14.2 Å². The third kappa shape index (κ3) is 3.97. The van der Waals surface area contributed by atoms with Crippen LogP contribution in [0.2, 0.25) is 0 Å². The van der Waals surface area contributed by atoms with Crippen LogP contribution in [0.3, 0.4) is 0 Å². The van der Waals surface area contributed by atoms with E-state index in [2.05, 4.69) is 5.32 Å². The molecule has 0 saturated carbocycles. The molecule has 0 radical (unpaired) electrons. The number of carboxylic acids is 1. The first-order valence-corrected chi connectivity index (χ1v) is 7.22. The Labute approximate surface area is 143 Å². The van der Waals surface area contributed by atoms with Crippen molar-refractivity contribution in [2.75, 3.05) is 19.5 Å². The Morgan fingerprint density at radius 1 is 1.24 bits per heavy atom. The number of hydrogen-bond acceptors (Lipinski definition) is 5. The number of rotatable bonds is 7. The highest BCUT2D eigenvalue weighted by Crippen LogP contribution is 2.32. The third-order valence-corrected chi connectivity index (χ3v) is 3.56. The second-order valence-electron chi connectivity index (χ2n) is 5.14. The number of methoxy groups -OCH3 is 2. The summed E-state index contributed by atoms with van der Waals surface area (Å²) in [4.78, 5) is 11.7. The smallest absolute Gasteiger partial charge is 0.330 e. The summed E-state index contributed by atoms with van der Waals surface area (Å²) >= 11 is 0. The van der Waals surface area contributed by atoms with E-state index in [1.165, 1.54) is 26.4 Å². The summed E-state index contributed by atoms with van der Waals surface area (Å²) in [6.45, 7) is 0. The number of halogens is 1. The summed E-state index contributed by atoms with van der Waals surface area (Å²) < 4.78 is 24.6. The molecule has 1 unspecified atom stereocenters. The standard InChI is InChI=1S/C17H18FN3O4/c1-24-11-7-12(14(18)13(8-11)25-2)15(17(22)23)21-10-5-3-9(4-6-10)16(19)20/h3-8,15,21H,1-2H3,(H3,19,20)(H,22,23). The van der Waals surface area contributed by atoms with Gasteiger partial charge in [-0.2, -0.15) is 0 Å². The van der Waals surface area contributed by atoms with Gasteiger partial charge in [0.2, 0.25) is 0 Å². The zero-order chi connectivity index (χ0) is 18.6. The number of nitrogens with one attached hydrogen (secondary N) is 2. The van der Waals surface area contributed by atoms with Gasteiger partial charge in [0, 0.05) is 22.9 Å². The SMILES string of the molecule is COc1cc(OC)c(F)c(C(Nc2ccc(C(=N)N)cc2)C(=O)O)c1. The molecule has 0 aliphatic rings. The molecular formula is C17H18FN3O4. The van der Waals surface area contributed by atoms with Crippen molar-refractivity contribution in [2.45, 2.75) is 6.04 Å². The monoisotopic (exact) mass is 347 g/mol. The zero-order valence-electron chi connectivity index (χ0n) is 13.7. The summed E-state index contributed by atoms with van der Waals surface area (Å²) in [5.41, 5.74) is 6.18. The van der Waals surface area contributed by atoms with Gasteiger partial charge in [0.25, 0.3) is 0 Å². The van der Waals surface area contributed by atoms with Gasteiger partial charge in [-0.05, 0) is 30.3 Å². The van der Waals surface area contributed by atoms with Crippen LogP contribution in [0.25, 0.3) is 0 Å². The van der Waals surface area contributed by atoms with Crippen LogP contribution in [0, 0.1) is 11.2 Å². The first kappa shape index (κ1) is 18.1. The molecule has 0 bridgehead atoms. The molecule has 8 heteroatoms. The van der Waals surface area contributed by atoms with Crippen LogP contribution in [0.4, 0.5) is 10.1 Å². The molecule has 2 aromatic carbocycles. The van der Waals surface area contributed by atoms with Gasteiger partial charge in [0.1, 0.15) is 11.6 Å². The van der Waals surface area contributed by atoms with E-state index < -0.39 is 17.8 Å². The van der Waals surface area contributed by atoms with E-state index in [4.69, 9.17) is 20.6 Å². The van der Waals surface area contributed by atoms with Crippen molar-refractivity contribution in [3.8, 4) is 11.5 Å². The summed E-state index contributed by atoms with van der Waals surface area (Å²) in [5.74, 6) is -2.01. The number of nitrogen functional groups attached to an aromatic ring is 1. The largest absolute Gasteiger partial charge is 0.497 e. The fourth-order valence-corrected chi connectivity index (χ4v) is 2.25. The normalized spacial score (nSPS) is 11.5. The van der Waals surface area contributed by atoms with Crippen LogP contribution in [-0.2, 0) is 4.79 Å². The van der Waals surface area contributed by atoms with E-state index in [1.54, 1.807) is 24.3 Å². The van der Waals surface area contributed by atoms with Crippen molar-refractivity contribution >= 4 is 17.5 Å². The molecule has 0 aliphatic carbocycles. The van der Waals surface area contributed by atoms with E-state index >= 15 is 0 Å². The number of ether oxygens (including phenoxy) is 2. The molecule has 0 amide bonds. The number of nitrogens with two attached hydrogens (primary N) is 1. The second-order valence-corrected chi connectivity index (χ2v) is 5.14. The Kier molecular flexibility index (Phi) is 5.43. The van der Waals surface area contributed by atoms with E-state index in [-0.39, 0.29) is 22.9 Å². The van der Waals surface area contributed by atoms with Crippen molar-refractivity contribution in [1.29, 1.82) is 5.41 Å². The summed E-state index contributed by atoms with van der Waals surface area (Å²) in [6.07, 6.45) is 0. The van der Waals surface area contributed by atoms with Gasteiger partial charge in [-0.15, -0.1) is 0 Å². The number of amidine groups is 1. The fourth-order valence-electron chi connectivity index (χ4n) is 2.25. The minimum Gasteiger partial charge on any atom is -0.497 e. The maximum atomic E-state index is 14.5. The first-order valence-electron chi connectivity index (χ1n) is 7.22. The highest BCUT2D eigenvalue weighted by atomic mass is 19.1. The van der Waals surface area contributed by atoms with Crippen molar-refractivity contribution in [1.82, 2.24) is 0 Å². The number of hydrogen-bond donors (Lipinski definition) is 4. The molecule has 2 rings (SSSR count). The van der Waals surface area contributed by atoms with E-state index in [0.717, 1.165) is 0 Å². The van der Waals surface area contributed by atoms with Gasteiger partial charge in [0.15, 0.2) is 17.6 Å². The number of carboxylic acid groups (broad SMARTS) is 1. The van der Waals surface area contributed by atoms with Crippen LogP contribution < -0.4 is 20.5 Å². The van der Waals surface area contributed by atoms with Gasteiger partial charge >= 0.3 is 5.97 Å². The third-order valence-electron chi connectivity index (χ3n) is 3.56. The number of aliphatic carboxylic acids is 1. The lowest BCUT2D eigenvalue weighted by Crippen LogP contribution is -2.22. The highest BCUT2D eigenvalue weighted by Gasteiger charge is 2.26. The van der Waals surface area contributed by atoms with Crippen molar-refractivity contribution < 1.29 is 23.8 Å². The summed E-state index contributed by atoms with van der Waals surface area (Å²) in [7, 11) is 2.67. The molecule has 1 atom stereocenters. The maximum absolute atomic E-state index is 14.5. The van der Waals surface area contributed by atoms with Gasteiger partial charge in [-0.25, -0.2) is 9.18 Å². The van der Waals surface area contributed by atoms with Crippen LogP contribution in [0.15, 0.2) is 36.4 Å². The predicted molar refractivity (Wildman–Crippen MR) is 91.0 cm³/mol. The molecule has 0 heterocycles. The Morgan fingerprint density at radius 3 is 2.36 bits per heavy atom. The minimum absolute atomic E-state index is 0.107. The van der Waals surface area contributed by atoms with Crippen molar-refractivity contribution in [2.24, 2.45) is 5.73 Å². The molecule has 0 fully saturated rings. The zero-order valence-corrected chi connectivity index (χ0v) is 13.7. The van der Waals surface area contributed by atoms with Crippen molar-refractivity contribution in [3.05, 3.63) is 53.3 Å². The lowest BCUT2D eigenvalue weighted by Gasteiger charge is -2.19. The number of benzene rings is 2. The molecular weight excluding hydrogens is 329 g/mol. The molecule has 0 spiro atoms. The molecule has 5 N–H and O–H groups in total. The average molecular weight is 347 g/mol. The van der Waals surface area contributed by atoms with E-state index in [1.807, 2.05) is 0 Å². The highest BCUT2D eigenvalue weighted by molar-refractivity contribution is 5.95. The Bertz CT molecular complexity index is 793. The number of anilines is 1. The maximum Gasteiger partial charge on any atom is 0.330 e. The Hall–Kier alpha value is -3.29. The molecule has 2 aromatic rings. The lowest BCUT2D eigenvalue weighted by molar-refractivity contribution is -0.138. The fraction of sp³-hybridized carbons (Fsp3) is 0.176. The average Bonchev–Trinajstić information content (AvgIpc) is 2.60. The molecule has 0 saturated heterocycles. The van der Waals surface area contributed by atoms with Crippen LogP contribution in [-0.4, -0.2) is 31.1 Å². The van der Waals surface area contributed by atoms with Crippen LogP contribution in [0.1, 0.15) is 17.2 Å². The molecule has 132 valence electrons. The van der Waals surface area contributed by atoms with Crippen LogP contribution >= 0.6 is 0 Å². The Balaban J connectivity index is 2.41.